The third-order valence-corrected chi connectivity index (χ3v) is 2.72. The van der Waals surface area contributed by atoms with Crippen LogP contribution in [0, 0.1) is 6.92 Å². The summed E-state index contributed by atoms with van der Waals surface area (Å²) in [6.45, 7) is 2.86. The summed E-state index contributed by atoms with van der Waals surface area (Å²) in [5.41, 5.74) is 8.27. The first-order valence-corrected chi connectivity index (χ1v) is 4.78. The third kappa shape index (κ3) is 2.31. The van der Waals surface area contributed by atoms with Crippen LogP contribution in [0.2, 0.25) is 0 Å². The first kappa shape index (κ1) is 12.0. The van der Waals surface area contributed by atoms with Crippen LogP contribution in [0.25, 0.3) is 0 Å². The maximum atomic E-state index is 5.71. The molecular formula is C11H16BrN3. The molecule has 0 aliphatic carbocycles. The van der Waals surface area contributed by atoms with E-state index in [0.717, 1.165) is 6.54 Å². The number of halogens is 1. The molecule has 0 radical (unpaired) electrons. The fourth-order valence-electron chi connectivity index (χ4n) is 1.69. The fourth-order valence-corrected chi connectivity index (χ4v) is 1.69. The molecule has 2 rings (SSSR count). The molecule has 15 heavy (non-hydrogen) atoms. The highest BCUT2D eigenvalue weighted by Crippen LogP contribution is 2.23. The fraction of sp³-hybridized carbons (Fsp3) is 0.364. The molecule has 0 amide bonds. The van der Waals surface area contributed by atoms with Crippen LogP contribution in [-0.2, 0) is 0 Å². The maximum Gasteiger partial charge on any atom is 0.191 e. The van der Waals surface area contributed by atoms with Crippen molar-refractivity contribution in [2.24, 2.45) is 10.7 Å². The van der Waals surface area contributed by atoms with Crippen molar-refractivity contribution in [3.05, 3.63) is 35.4 Å². The third-order valence-electron chi connectivity index (χ3n) is 2.72. The summed E-state index contributed by atoms with van der Waals surface area (Å²) in [6, 6.07) is 8.85. The van der Waals surface area contributed by atoms with Crippen LogP contribution >= 0.6 is 17.0 Å². The Balaban J connectivity index is 0.00000112. The summed E-state index contributed by atoms with van der Waals surface area (Å²) in [7, 11) is 1.98. The van der Waals surface area contributed by atoms with Gasteiger partial charge in [0.2, 0.25) is 0 Å². The molecule has 2 N–H and O–H groups in total. The Hall–Kier alpha value is -1.03. The van der Waals surface area contributed by atoms with Gasteiger partial charge in [-0.25, -0.2) is 0 Å². The minimum absolute atomic E-state index is 0. The van der Waals surface area contributed by atoms with Crippen LogP contribution < -0.4 is 5.73 Å². The molecule has 3 nitrogen and oxygen atoms in total. The first-order valence-electron chi connectivity index (χ1n) is 4.78. The standard InChI is InChI=1S/C11H15N3.BrH/c1-8-3-5-9(6-4-8)10-7-13-11(12)14(10)2;/h3-6,10H,7H2,1-2H3,(H2,12,13);1H. The minimum atomic E-state index is 0. The van der Waals surface area contributed by atoms with Crippen LogP contribution in [0.3, 0.4) is 0 Å². The molecule has 1 aromatic rings. The van der Waals surface area contributed by atoms with Gasteiger partial charge in [0.25, 0.3) is 0 Å². The van der Waals surface area contributed by atoms with Crippen molar-refractivity contribution < 1.29 is 0 Å². The Bertz CT molecular complexity index is 359. The zero-order chi connectivity index (χ0) is 10.1. The predicted molar refractivity (Wildman–Crippen MR) is 68.5 cm³/mol. The molecule has 4 heteroatoms. The van der Waals surface area contributed by atoms with E-state index < -0.39 is 0 Å². The molecule has 1 atom stereocenters. The van der Waals surface area contributed by atoms with Crippen LogP contribution in [0.1, 0.15) is 17.2 Å². The number of aliphatic imine (C=N–C) groups is 1. The lowest BCUT2D eigenvalue weighted by atomic mass is 10.1. The molecule has 0 spiro atoms. The minimum Gasteiger partial charge on any atom is -0.370 e. The van der Waals surface area contributed by atoms with E-state index in [-0.39, 0.29) is 17.0 Å². The quantitative estimate of drug-likeness (QED) is 0.846. The Morgan fingerprint density at radius 1 is 1.33 bits per heavy atom. The van der Waals surface area contributed by atoms with E-state index in [1.807, 2.05) is 11.9 Å². The number of nitrogens with two attached hydrogens (primary N) is 1. The SMILES string of the molecule is Br.Cc1ccc(C2CN=C(N)N2C)cc1. The van der Waals surface area contributed by atoms with E-state index in [0.29, 0.717) is 12.0 Å². The highest BCUT2D eigenvalue weighted by Gasteiger charge is 2.23. The van der Waals surface area contributed by atoms with Gasteiger partial charge in [0.05, 0.1) is 12.6 Å². The van der Waals surface area contributed by atoms with Crippen molar-refractivity contribution in [2.75, 3.05) is 13.6 Å². The smallest absolute Gasteiger partial charge is 0.191 e. The molecular weight excluding hydrogens is 254 g/mol. The summed E-state index contributed by atoms with van der Waals surface area (Å²) in [5, 5.41) is 0. The van der Waals surface area contributed by atoms with Gasteiger partial charge >= 0.3 is 0 Å². The Morgan fingerprint density at radius 2 is 1.93 bits per heavy atom. The maximum absolute atomic E-state index is 5.71. The zero-order valence-corrected chi connectivity index (χ0v) is 10.7. The van der Waals surface area contributed by atoms with E-state index >= 15 is 0 Å². The summed E-state index contributed by atoms with van der Waals surface area (Å²) in [5.74, 6) is 0.635. The number of rotatable bonds is 1. The highest BCUT2D eigenvalue weighted by atomic mass is 79.9. The molecule has 82 valence electrons. The lowest BCUT2D eigenvalue weighted by Crippen LogP contribution is -2.32. The van der Waals surface area contributed by atoms with Gasteiger partial charge in [-0.15, -0.1) is 17.0 Å². The molecule has 0 fully saturated rings. The normalized spacial score (nSPS) is 19.7. The first-order chi connectivity index (χ1) is 6.68. The van der Waals surface area contributed by atoms with Gasteiger partial charge in [0, 0.05) is 7.05 Å². The van der Waals surface area contributed by atoms with Gasteiger partial charge in [-0.2, -0.15) is 0 Å². The van der Waals surface area contributed by atoms with E-state index in [1.54, 1.807) is 0 Å². The van der Waals surface area contributed by atoms with Gasteiger partial charge in [-0.3, -0.25) is 4.99 Å². The summed E-state index contributed by atoms with van der Waals surface area (Å²) in [4.78, 5) is 6.24. The average Bonchev–Trinajstić information content (AvgIpc) is 2.50. The number of hydrogen-bond acceptors (Lipinski definition) is 3. The molecule has 1 unspecified atom stereocenters. The Morgan fingerprint density at radius 3 is 2.40 bits per heavy atom. The average molecular weight is 270 g/mol. The Kier molecular flexibility index (Phi) is 3.74. The number of benzene rings is 1. The van der Waals surface area contributed by atoms with Gasteiger partial charge < -0.3 is 10.6 Å². The van der Waals surface area contributed by atoms with Gasteiger partial charge in [-0.05, 0) is 12.5 Å². The predicted octanol–water partition coefficient (Wildman–Crippen LogP) is 1.87. The van der Waals surface area contributed by atoms with Gasteiger partial charge in [-0.1, -0.05) is 29.8 Å². The molecule has 0 saturated heterocycles. The molecule has 0 aromatic heterocycles. The van der Waals surface area contributed by atoms with Crippen LogP contribution in [-0.4, -0.2) is 24.5 Å². The van der Waals surface area contributed by atoms with E-state index in [1.165, 1.54) is 11.1 Å². The van der Waals surface area contributed by atoms with Crippen molar-refractivity contribution in [1.82, 2.24) is 4.90 Å². The van der Waals surface area contributed by atoms with Gasteiger partial charge in [0.15, 0.2) is 5.96 Å². The van der Waals surface area contributed by atoms with E-state index in [2.05, 4.69) is 36.2 Å². The summed E-state index contributed by atoms with van der Waals surface area (Å²) in [6.07, 6.45) is 0. The van der Waals surface area contributed by atoms with Crippen LogP contribution in [0.15, 0.2) is 29.3 Å². The van der Waals surface area contributed by atoms with Gasteiger partial charge in [0.1, 0.15) is 0 Å². The largest absolute Gasteiger partial charge is 0.370 e. The van der Waals surface area contributed by atoms with E-state index in [9.17, 15) is 0 Å². The summed E-state index contributed by atoms with van der Waals surface area (Å²) >= 11 is 0. The van der Waals surface area contributed by atoms with Crippen molar-refractivity contribution in [3.8, 4) is 0 Å². The second kappa shape index (κ2) is 4.66. The lowest BCUT2D eigenvalue weighted by molar-refractivity contribution is 0.414. The second-order valence-electron chi connectivity index (χ2n) is 3.74. The number of hydrogen-bond donors (Lipinski definition) is 1. The molecule has 0 saturated carbocycles. The van der Waals surface area contributed by atoms with Crippen molar-refractivity contribution in [2.45, 2.75) is 13.0 Å². The van der Waals surface area contributed by atoms with Crippen LogP contribution in [0.5, 0.6) is 0 Å². The Labute approximate surface area is 101 Å². The molecule has 1 heterocycles. The number of guanidine groups is 1. The monoisotopic (exact) mass is 269 g/mol. The number of likely N-dealkylation sites (N-methyl/N-ethyl adjacent to an activating group) is 1. The zero-order valence-electron chi connectivity index (χ0n) is 8.97. The molecule has 1 aliphatic heterocycles. The number of aryl methyl sites for hydroxylation is 1. The van der Waals surface area contributed by atoms with Crippen molar-refractivity contribution in [1.29, 1.82) is 0 Å². The summed E-state index contributed by atoms with van der Waals surface area (Å²) < 4.78 is 0. The van der Waals surface area contributed by atoms with Crippen molar-refractivity contribution in [3.63, 3.8) is 0 Å². The second-order valence-corrected chi connectivity index (χ2v) is 3.74. The lowest BCUT2D eigenvalue weighted by Gasteiger charge is -2.21. The van der Waals surface area contributed by atoms with Crippen molar-refractivity contribution >= 4 is 22.9 Å². The molecule has 1 aromatic carbocycles. The van der Waals surface area contributed by atoms with Crippen LogP contribution in [0.4, 0.5) is 0 Å². The highest BCUT2D eigenvalue weighted by molar-refractivity contribution is 8.93. The topological polar surface area (TPSA) is 41.6 Å². The molecule has 0 bridgehead atoms. The molecule has 1 aliphatic rings. The number of nitrogens with zero attached hydrogens (tertiary/aromatic N) is 2. The van der Waals surface area contributed by atoms with E-state index in [4.69, 9.17) is 5.73 Å².